The minimum Gasteiger partial charge on any atom is -0.285 e. The van der Waals surface area contributed by atoms with E-state index in [1.807, 2.05) is 0 Å². The summed E-state index contributed by atoms with van der Waals surface area (Å²) in [4.78, 5) is 15.5. The zero-order valence-corrected chi connectivity index (χ0v) is 8.88. The van der Waals surface area contributed by atoms with Gasteiger partial charge in [-0.15, -0.1) is 0 Å². The van der Waals surface area contributed by atoms with Gasteiger partial charge in [0.15, 0.2) is 5.82 Å². The van der Waals surface area contributed by atoms with E-state index in [9.17, 15) is 4.79 Å². The van der Waals surface area contributed by atoms with Crippen LogP contribution in [0.1, 0.15) is 16.2 Å². The van der Waals surface area contributed by atoms with Crippen molar-refractivity contribution in [3.63, 3.8) is 0 Å². The number of hydrogen-bond acceptors (Lipinski definition) is 3. The van der Waals surface area contributed by atoms with Crippen LogP contribution in [0.2, 0.25) is 10.0 Å². The zero-order chi connectivity index (χ0) is 10.8. The van der Waals surface area contributed by atoms with Gasteiger partial charge in [0.2, 0.25) is 5.78 Å². The van der Waals surface area contributed by atoms with Crippen molar-refractivity contribution in [2.75, 3.05) is 0 Å². The number of H-pyrrole nitrogens is 1. The summed E-state index contributed by atoms with van der Waals surface area (Å²) in [6, 6.07) is 4.64. The predicted octanol–water partition coefficient (Wildman–Crippen LogP) is 2.34. The Kier molecular flexibility index (Phi) is 2.70. The number of nitrogens with one attached hydrogen (secondary N) is 1. The molecule has 0 aliphatic heterocycles. The van der Waals surface area contributed by atoms with Crippen molar-refractivity contribution in [2.24, 2.45) is 0 Å². The standard InChI is InChI=1S/C9H5Cl2N3O/c10-6-2-1-5(3-7(6)11)8(15)9-12-4-13-14-9/h1-4H,(H,12,13,14). The molecule has 76 valence electrons. The van der Waals surface area contributed by atoms with Gasteiger partial charge in [0.25, 0.3) is 0 Å². The van der Waals surface area contributed by atoms with Crippen LogP contribution < -0.4 is 0 Å². The molecule has 6 heteroatoms. The van der Waals surface area contributed by atoms with E-state index in [2.05, 4.69) is 15.2 Å². The fourth-order valence-electron chi connectivity index (χ4n) is 1.09. The molecule has 2 rings (SSSR count). The fraction of sp³-hybridized carbons (Fsp3) is 0. The van der Waals surface area contributed by atoms with Gasteiger partial charge in [-0.1, -0.05) is 23.2 Å². The van der Waals surface area contributed by atoms with Crippen LogP contribution in [0.4, 0.5) is 0 Å². The van der Waals surface area contributed by atoms with Crippen molar-refractivity contribution >= 4 is 29.0 Å². The molecule has 0 bridgehead atoms. The summed E-state index contributed by atoms with van der Waals surface area (Å²) in [5.74, 6) is -0.0977. The molecule has 4 nitrogen and oxygen atoms in total. The summed E-state index contributed by atoms with van der Waals surface area (Å²) in [7, 11) is 0. The second kappa shape index (κ2) is 4.00. The van der Waals surface area contributed by atoms with Gasteiger partial charge in [-0.25, -0.2) is 4.98 Å². The summed E-state index contributed by atoms with van der Waals surface area (Å²) >= 11 is 11.5. The smallest absolute Gasteiger partial charge is 0.229 e. The molecule has 0 amide bonds. The summed E-state index contributed by atoms with van der Waals surface area (Å²) in [6.07, 6.45) is 1.27. The van der Waals surface area contributed by atoms with E-state index in [1.165, 1.54) is 12.4 Å². The van der Waals surface area contributed by atoms with Crippen LogP contribution in [0, 0.1) is 0 Å². The highest BCUT2D eigenvalue weighted by molar-refractivity contribution is 6.42. The number of carbonyl (C=O) groups is 1. The summed E-state index contributed by atoms with van der Waals surface area (Å²) in [5, 5.41) is 6.82. The number of benzene rings is 1. The molecule has 0 spiro atoms. The first-order valence-electron chi connectivity index (χ1n) is 4.03. The lowest BCUT2D eigenvalue weighted by atomic mass is 10.1. The normalized spacial score (nSPS) is 10.3. The van der Waals surface area contributed by atoms with E-state index >= 15 is 0 Å². The number of aromatic nitrogens is 3. The number of hydrogen-bond donors (Lipinski definition) is 1. The Morgan fingerprint density at radius 2 is 2.07 bits per heavy atom. The minimum atomic E-state index is -0.272. The van der Waals surface area contributed by atoms with E-state index in [0.717, 1.165) is 0 Å². The summed E-state index contributed by atoms with van der Waals surface area (Å²) in [6.45, 7) is 0. The predicted molar refractivity (Wildman–Crippen MR) is 56.3 cm³/mol. The maximum absolute atomic E-state index is 11.7. The molecule has 2 aromatic rings. The fourth-order valence-corrected chi connectivity index (χ4v) is 1.39. The third kappa shape index (κ3) is 2.00. The Morgan fingerprint density at radius 1 is 1.27 bits per heavy atom. The van der Waals surface area contributed by atoms with Crippen molar-refractivity contribution in [1.82, 2.24) is 15.2 Å². The van der Waals surface area contributed by atoms with E-state index in [4.69, 9.17) is 23.2 Å². The van der Waals surface area contributed by atoms with Gasteiger partial charge >= 0.3 is 0 Å². The molecule has 1 aromatic carbocycles. The molecule has 0 unspecified atom stereocenters. The van der Waals surface area contributed by atoms with E-state index in [1.54, 1.807) is 12.1 Å². The van der Waals surface area contributed by atoms with Gasteiger partial charge in [-0.05, 0) is 18.2 Å². The Labute approximate surface area is 95.2 Å². The molecule has 0 fully saturated rings. The van der Waals surface area contributed by atoms with Crippen LogP contribution in [-0.4, -0.2) is 21.0 Å². The first kappa shape index (κ1) is 10.1. The van der Waals surface area contributed by atoms with Gasteiger partial charge in [-0.2, -0.15) is 5.10 Å². The molecule has 0 atom stereocenters. The van der Waals surface area contributed by atoms with Gasteiger partial charge < -0.3 is 0 Å². The van der Waals surface area contributed by atoms with E-state index < -0.39 is 0 Å². The van der Waals surface area contributed by atoms with Gasteiger partial charge in [0, 0.05) is 5.56 Å². The Morgan fingerprint density at radius 3 is 2.67 bits per heavy atom. The Balaban J connectivity index is 2.39. The van der Waals surface area contributed by atoms with Gasteiger partial charge in [-0.3, -0.25) is 9.89 Å². The molecule has 0 saturated carbocycles. The molecule has 1 N–H and O–H groups in total. The molecule has 0 aliphatic carbocycles. The van der Waals surface area contributed by atoms with Crippen LogP contribution in [0.5, 0.6) is 0 Å². The van der Waals surface area contributed by atoms with Crippen molar-refractivity contribution in [2.45, 2.75) is 0 Å². The highest BCUT2D eigenvalue weighted by Gasteiger charge is 2.12. The van der Waals surface area contributed by atoms with Crippen LogP contribution >= 0.6 is 23.2 Å². The lowest BCUT2D eigenvalue weighted by Gasteiger charge is -1.99. The van der Waals surface area contributed by atoms with Gasteiger partial charge in [0.1, 0.15) is 6.33 Å². The number of carbonyl (C=O) groups excluding carboxylic acids is 1. The Bertz CT molecular complexity index is 496. The van der Waals surface area contributed by atoms with Crippen LogP contribution in [0.3, 0.4) is 0 Å². The lowest BCUT2D eigenvalue weighted by molar-refractivity contribution is 0.103. The van der Waals surface area contributed by atoms with Crippen molar-refractivity contribution in [3.8, 4) is 0 Å². The number of ketones is 1. The molecule has 15 heavy (non-hydrogen) atoms. The summed E-state index contributed by atoms with van der Waals surface area (Å²) in [5.41, 5.74) is 0.418. The number of aromatic amines is 1. The third-order valence-electron chi connectivity index (χ3n) is 1.81. The average molecular weight is 242 g/mol. The summed E-state index contributed by atoms with van der Waals surface area (Å²) < 4.78 is 0. The van der Waals surface area contributed by atoms with Crippen molar-refractivity contribution in [1.29, 1.82) is 0 Å². The molecule has 0 aliphatic rings. The highest BCUT2D eigenvalue weighted by Crippen LogP contribution is 2.23. The van der Waals surface area contributed by atoms with Crippen LogP contribution in [-0.2, 0) is 0 Å². The van der Waals surface area contributed by atoms with Gasteiger partial charge in [0.05, 0.1) is 10.0 Å². The molecule has 0 radical (unpaired) electrons. The van der Waals surface area contributed by atoms with Crippen molar-refractivity contribution in [3.05, 3.63) is 46.0 Å². The average Bonchev–Trinajstić information content (AvgIpc) is 2.74. The number of rotatable bonds is 2. The first-order valence-corrected chi connectivity index (χ1v) is 4.79. The zero-order valence-electron chi connectivity index (χ0n) is 7.37. The molecular formula is C9H5Cl2N3O. The van der Waals surface area contributed by atoms with Crippen molar-refractivity contribution < 1.29 is 4.79 Å². The number of nitrogens with zero attached hydrogens (tertiary/aromatic N) is 2. The largest absolute Gasteiger partial charge is 0.285 e. The maximum Gasteiger partial charge on any atom is 0.229 e. The third-order valence-corrected chi connectivity index (χ3v) is 2.55. The highest BCUT2D eigenvalue weighted by atomic mass is 35.5. The second-order valence-corrected chi connectivity index (χ2v) is 3.61. The monoisotopic (exact) mass is 241 g/mol. The second-order valence-electron chi connectivity index (χ2n) is 2.79. The SMILES string of the molecule is O=C(c1ccc(Cl)c(Cl)c1)c1ncn[nH]1. The maximum atomic E-state index is 11.7. The molecule has 0 saturated heterocycles. The van der Waals surface area contributed by atoms with E-state index in [0.29, 0.717) is 15.6 Å². The van der Waals surface area contributed by atoms with E-state index in [-0.39, 0.29) is 11.6 Å². The topological polar surface area (TPSA) is 58.6 Å². The molecule has 1 heterocycles. The first-order chi connectivity index (χ1) is 7.18. The molecular weight excluding hydrogens is 237 g/mol. The lowest BCUT2D eigenvalue weighted by Crippen LogP contribution is -2.03. The van der Waals surface area contributed by atoms with Crippen LogP contribution in [0.25, 0.3) is 0 Å². The minimum absolute atomic E-state index is 0.174. The van der Waals surface area contributed by atoms with Crippen LogP contribution in [0.15, 0.2) is 24.5 Å². The molecule has 1 aromatic heterocycles. The number of halogens is 2. The quantitative estimate of drug-likeness (QED) is 0.822. The Hall–Kier alpha value is -1.39.